The molecule has 3 rings (SSSR count). The highest BCUT2D eigenvalue weighted by Gasteiger charge is 2.52. The van der Waals surface area contributed by atoms with E-state index in [4.69, 9.17) is 4.74 Å². The highest BCUT2D eigenvalue weighted by atomic mass is 16.5. The third-order valence-electron chi connectivity index (χ3n) is 5.79. The number of Topliss-reactive ketones (excluding diaryl/α,β-unsaturated/α-hetero) is 1. The van der Waals surface area contributed by atoms with Crippen molar-refractivity contribution in [2.75, 3.05) is 13.2 Å². The zero-order chi connectivity index (χ0) is 21.2. The second kappa shape index (κ2) is 8.23. The van der Waals surface area contributed by atoms with Crippen LogP contribution in [0.5, 0.6) is 0 Å². The van der Waals surface area contributed by atoms with Gasteiger partial charge in [0.05, 0.1) is 6.42 Å². The van der Waals surface area contributed by atoms with Crippen LogP contribution in [0.3, 0.4) is 0 Å². The van der Waals surface area contributed by atoms with Crippen LogP contribution in [0.4, 0.5) is 4.79 Å². The molecule has 2 heterocycles. The van der Waals surface area contributed by atoms with Crippen LogP contribution in [0, 0.1) is 13.8 Å². The minimum absolute atomic E-state index is 0.0483. The first-order valence-electron chi connectivity index (χ1n) is 9.89. The molecule has 1 aliphatic heterocycles. The normalized spacial score (nSPS) is 17.7. The van der Waals surface area contributed by atoms with E-state index in [0.717, 1.165) is 29.1 Å². The number of nitrogens with zero attached hydrogens (tertiary/aromatic N) is 2. The second-order valence-electron chi connectivity index (χ2n) is 7.69. The third-order valence-corrected chi connectivity index (χ3v) is 5.79. The molecule has 2 fully saturated rings. The van der Waals surface area contributed by atoms with Gasteiger partial charge in [-0.05, 0) is 32.8 Å². The number of carbonyl (C=O) groups is 4. The van der Waals surface area contributed by atoms with E-state index in [1.807, 2.05) is 18.4 Å². The maximum Gasteiger partial charge on any atom is 0.325 e. The standard InChI is InChI=1S/C21H27N3O5/c1-4-10-23-14(2)12-16(15(23)3)17(25)13-29-18(26)7-11-24-19(27)21(22-20(24)28)8-5-6-9-21/h4,12H,1,5-11,13H2,2-3H3,(H,22,28). The van der Waals surface area contributed by atoms with Crippen molar-refractivity contribution < 1.29 is 23.9 Å². The van der Waals surface area contributed by atoms with Crippen LogP contribution in [0.15, 0.2) is 18.7 Å². The summed E-state index contributed by atoms with van der Waals surface area (Å²) in [6, 6.07) is 1.30. The Kier molecular flexibility index (Phi) is 5.91. The van der Waals surface area contributed by atoms with Gasteiger partial charge in [-0.25, -0.2) is 4.79 Å². The lowest BCUT2D eigenvalue weighted by molar-refractivity contribution is -0.143. The molecule has 1 aromatic heterocycles. The number of ketones is 1. The van der Waals surface area contributed by atoms with Crippen molar-refractivity contribution in [2.45, 2.75) is 58.0 Å². The molecule has 8 heteroatoms. The molecule has 0 radical (unpaired) electrons. The van der Waals surface area contributed by atoms with E-state index in [1.54, 1.807) is 12.1 Å². The summed E-state index contributed by atoms with van der Waals surface area (Å²) in [4.78, 5) is 50.2. The first kappa shape index (κ1) is 20.8. The number of amides is 3. The predicted molar refractivity (Wildman–Crippen MR) is 105 cm³/mol. The summed E-state index contributed by atoms with van der Waals surface area (Å²) in [7, 11) is 0. The lowest BCUT2D eigenvalue weighted by Gasteiger charge is -2.19. The van der Waals surface area contributed by atoms with E-state index in [-0.39, 0.29) is 31.3 Å². The fourth-order valence-electron chi connectivity index (χ4n) is 4.19. The Labute approximate surface area is 169 Å². The molecular formula is C21H27N3O5. The summed E-state index contributed by atoms with van der Waals surface area (Å²) in [5, 5.41) is 2.77. The Morgan fingerprint density at radius 1 is 1.28 bits per heavy atom. The van der Waals surface area contributed by atoms with Gasteiger partial charge in [-0.15, -0.1) is 6.58 Å². The van der Waals surface area contributed by atoms with Crippen molar-refractivity contribution >= 4 is 23.7 Å². The molecule has 1 aliphatic carbocycles. The molecule has 0 bridgehead atoms. The fraction of sp³-hybridized carbons (Fsp3) is 0.524. The van der Waals surface area contributed by atoms with Gasteiger partial charge in [-0.3, -0.25) is 19.3 Å². The van der Waals surface area contributed by atoms with E-state index < -0.39 is 17.5 Å². The van der Waals surface area contributed by atoms with E-state index in [2.05, 4.69) is 11.9 Å². The van der Waals surface area contributed by atoms with Crippen LogP contribution in [0.25, 0.3) is 0 Å². The number of nitrogens with one attached hydrogen (secondary N) is 1. The molecule has 3 amide bonds. The topological polar surface area (TPSA) is 97.7 Å². The minimum atomic E-state index is -0.787. The summed E-state index contributed by atoms with van der Waals surface area (Å²) in [5.41, 5.74) is 1.45. The SMILES string of the molecule is C=CCn1c(C)cc(C(=O)COC(=O)CCN2C(=O)NC3(CCCC3)C2=O)c1C. The van der Waals surface area contributed by atoms with Gasteiger partial charge in [0, 0.05) is 30.0 Å². The summed E-state index contributed by atoms with van der Waals surface area (Å²) >= 11 is 0. The zero-order valence-electron chi connectivity index (χ0n) is 17.0. The maximum atomic E-state index is 12.6. The second-order valence-corrected chi connectivity index (χ2v) is 7.69. The Morgan fingerprint density at radius 3 is 2.62 bits per heavy atom. The van der Waals surface area contributed by atoms with Gasteiger partial charge in [0.2, 0.25) is 5.78 Å². The number of ether oxygens (including phenoxy) is 1. The number of carbonyl (C=O) groups excluding carboxylic acids is 4. The van der Waals surface area contributed by atoms with Crippen LogP contribution < -0.4 is 5.32 Å². The molecule has 0 atom stereocenters. The highest BCUT2D eigenvalue weighted by Crippen LogP contribution is 2.35. The average Bonchev–Trinajstić information content (AvgIpc) is 3.33. The van der Waals surface area contributed by atoms with Crippen LogP contribution >= 0.6 is 0 Å². The number of esters is 1. The molecule has 2 aliphatic rings. The first-order chi connectivity index (χ1) is 13.8. The van der Waals surface area contributed by atoms with Crippen molar-refractivity contribution in [3.63, 3.8) is 0 Å². The zero-order valence-corrected chi connectivity index (χ0v) is 17.0. The third kappa shape index (κ3) is 3.97. The van der Waals surface area contributed by atoms with E-state index in [0.29, 0.717) is 24.9 Å². The lowest BCUT2D eigenvalue weighted by Crippen LogP contribution is -2.44. The number of hydrogen-bond donors (Lipinski definition) is 1. The molecule has 29 heavy (non-hydrogen) atoms. The number of hydrogen-bond acceptors (Lipinski definition) is 5. The van der Waals surface area contributed by atoms with Gasteiger partial charge in [0.15, 0.2) is 6.61 Å². The molecule has 0 aromatic carbocycles. The summed E-state index contributed by atoms with van der Waals surface area (Å²) in [6.07, 6.45) is 4.68. The van der Waals surface area contributed by atoms with Crippen molar-refractivity contribution in [3.05, 3.63) is 35.7 Å². The van der Waals surface area contributed by atoms with Crippen molar-refractivity contribution in [1.82, 2.24) is 14.8 Å². The van der Waals surface area contributed by atoms with Gasteiger partial charge in [-0.2, -0.15) is 0 Å². The minimum Gasteiger partial charge on any atom is -0.457 e. The van der Waals surface area contributed by atoms with E-state index in [1.165, 1.54) is 0 Å². The number of imide groups is 1. The Balaban J connectivity index is 1.51. The van der Waals surface area contributed by atoms with Crippen LogP contribution in [0.2, 0.25) is 0 Å². The van der Waals surface area contributed by atoms with Crippen LogP contribution in [-0.2, 0) is 20.9 Å². The van der Waals surface area contributed by atoms with Gasteiger partial charge in [0.25, 0.3) is 5.91 Å². The summed E-state index contributed by atoms with van der Waals surface area (Å²) in [5.74, 6) is -1.17. The van der Waals surface area contributed by atoms with E-state index >= 15 is 0 Å². The quantitative estimate of drug-likeness (QED) is 0.312. The number of allylic oxidation sites excluding steroid dienone is 1. The number of aryl methyl sites for hydroxylation is 1. The molecule has 1 N–H and O–H groups in total. The van der Waals surface area contributed by atoms with Crippen molar-refractivity contribution in [1.29, 1.82) is 0 Å². The average molecular weight is 401 g/mol. The molecular weight excluding hydrogens is 374 g/mol. The molecule has 1 saturated carbocycles. The smallest absolute Gasteiger partial charge is 0.325 e. The Bertz CT molecular complexity index is 864. The molecule has 1 spiro atoms. The van der Waals surface area contributed by atoms with Gasteiger partial charge >= 0.3 is 12.0 Å². The molecule has 1 saturated heterocycles. The fourth-order valence-corrected chi connectivity index (χ4v) is 4.19. The van der Waals surface area contributed by atoms with Gasteiger partial charge in [-0.1, -0.05) is 18.9 Å². The Morgan fingerprint density at radius 2 is 1.97 bits per heavy atom. The predicted octanol–water partition coefficient (Wildman–Crippen LogP) is 2.27. The van der Waals surface area contributed by atoms with Crippen molar-refractivity contribution in [2.24, 2.45) is 0 Å². The maximum absolute atomic E-state index is 12.6. The molecule has 156 valence electrons. The van der Waals surface area contributed by atoms with Gasteiger partial charge in [0.1, 0.15) is 5.54 Å². The first-order valence-corrected chi connectivity index (χ1v) is 9.89. The van der Waals surface area contributed by atoms with Crippen LogP contribution in [-0.4, -0.2) is 51.8 Å². The largest absolute Gasteiger partial charge is 0.457 e. The lowest BCUT2D eigenvalue weighted by atomic mass is 9.98. The number of aromatic nitrogens is 1. The molecule has 0 unspecified atom stereocenters. The number of rotatable bonds is 8. The van der Waals surface area contributed by atoms with Gasteiger partial charge < -0.3 is 14.6 Å². The number of urea groups is 1. The summed E-state index contributed by atoms with van der Waals surface area (Å²) in [6.45, 7) is 7.61. The molecule has 1 aromatic rings. The highest BCUT2D eigenvalue weighted by molar-refractivity contribution is 6.07. The van der Waals surface area contributed by atoms with Crippen molar-refractivity contribution in [3.8, 4) is 0 Å². The van der Waals surface area contributed by atoms with Crippen LogP contribution in [0.1, 0.15) is 53.8 Å². The summed E-state index contributed by atoms with van der Waals surface area (Å²) < 4.78 is 7.04. The molecule has 8 nitrogen and oxygen atoms in total. The Hall–Kier alpha value is -2.90. The monoisotopic (exact) mass is 401 g/mol. The van der Waals surface area contributed by atoms with E-state index in [9.17, 15) is 19.2 Å².